The van der Waals surface area contributed by atoms with Crippen molar-refractivity contribution < 1.29 is 9.53 Å². The first kappa shape index (κ1) is 14.8. The van der Waals surface area contributed by atoms with Crippen molar-refractivity contribution in [2.24, 2.45) is 11.3 Å². The summed E-state index contributed by atoms with van der Waals surface area (Å²) < 4.78 is 5.68. The molecule has 0 saturated carbocycles. The highest BCUT2D eigenvalue weighted by Crippen LogP contribution is 2.34. The van der Waals surface area contributed by atoms with Gasteiger partial charge in [-0.15, -0.1) is 0 Å². The predicted octanol–water partition coefficient (Wildman–Crippen LogP) is 0.0689. The van der Waals surface area contributed by atoms with Crippen LogP contribution < -0.4 is 10.6 Å². The van der Waals surface area contributed by atoms with Gasteiger partial charge >= 0.3 is 0 Å². The Morgan fingerprint density at radius 3 is 2.95 bits per heavy atom. The predicted molar refractivity (Wildman–Crippen MR) is 75.0 cm³/mol. The van der Waals surface area contributed by atoms with Crippen molar-refractivity contribution in [3.05, 3.63) is 0 Å². The van der Waals surface area contributed by atoms with Crippen LogP contribution >= 0.6 is 0 Å². The fraction of sp³-hybridized carbons (Fsp3) is 0.929. The van der Waals surface area contributed by atoms with E-state index < -0.39 is 0 Å². The molecule has 2 N–H and O–H groups in total. The molecule has 0 aliphatic carbocycles. The van der Waals surface area contributed by atoms with E-state index in [1.165, 1.54) is 0 Å². The van der Waals surface area contributed by atoms with E-state index in [1.54, 1.807) is 0 Å². The Morgan fingerprint density at radius 2 is 2.37 bits per heavy atom. The summed E-state index contributed by atoms with van der Waals surface area (Å²) in [5.74, 6) is 0.543. The zero-order valence-electron chi connectivity index (χ0n) is 12.4. The zero-order valence-corrected chi connectivity index (χ0v) is 12.4. The van der Waals surface area contributed by atoms with Crippen molar-refractivity contribution in [3.8, 4) is 0 Å². The van der Waals surface area contributed by atoms with Crippen molar-refractivity contribution in [1.29, 1.82) is 0 Å². The number of rotatable bonds is 4. The molecule has 0 radical (unpaired) electrons. The third kappa shape index (κ3) is 3.27. The third-order valence-corrected chi connectivity index (χ3v) is 4.58. The second kappa shape index (κ2) is 6.20. The Bertz CT molecular complexity index is 314. The molecule has 2 heterocycles. The Hall–Kier alpha value is -0.650. The number of nitrogens with zero attached hydrogens (tertiary/aromatic N) is 1. The van der Waals surface area contributed by atoms with Gasteiger partial charge in [0, 0.05) is 26.2 Å². The Morgan fingerprint density at radius 1 is 1.58 bits per heavy atom. The van der Waals surface area contributed by atoms with E-state index in [4.69, 9.17) is 4.74 Å². The van der Waals surface area contributed by atoms with Gasteiger partial charge in [-0.05, 0) is 25.9 Å². The molecular formula is C14H27N3O2. The fourth-order valence-corrected chi connectivity index (χ4v) is 3.03. The quantitative estimate of drug-likeness (QED) is 0.758. The number of carbonyl (C=O) groups excluding carboxylic acids is 1. The van der Waals surface area contributed by atoms with Crippen LogP contribution in [0, 0.1) is 11.3 Å². The van der Waals surface area contributed by atoms with Crippen LogP contribution in [0.4, 0.5) is 0 Å². The first-order valence-electron chi connectivity index (χ1n) is 7.34. The van der Waals surface area contributed by atoms with Crippen molar-refractivity contribution in [3.63, 3.8) is 0 Å². The van der Waals surface area contributed by atoms with Gasteiger partial charge in [-0.1, -0.05) is 13.8 Å². The maximum atomic E-state index is 12.5. The number of hydrogen-bond acceptors (Lipinski definition) is 4. The van der Waals surface area contributed by atoms with Gasteiger partial charge in [0.05, 0.1) is 18.1 Å². The van der Waals surface area contributed by atoms with Gasteiger partial charge in [0.25, 0.3) is 0 Å². The molecule has 2 unspecified atom stereocenters. The lowest BCUT2D eigenvalue weighted by molar-refractivity contribution is -0.133. The number of carbonyl (C=O) groups is 1. The second-order valence-electron chi connectivity index (χ2n) is 6.20. The lowest BCUT2D eigenvalue weighted by Crippen LogP contribution is -2.51. The monoisotopic (exact) mass is 269 g/mol. The van der Waals surface area contributed by atoms with Gasteiger partial charge in [0.1, 0.15) is 0 Å². The smallest absolute Gasteiger partial charge is 0.227 e. The van der Waals surface area contributed by atoms with Crippen LogP contribution in [-0.4, -0.2) is 63.3 Å². The molecule has 2 aliphatic rings. The molecule has 1 amide bonds. The van der Waals surface area contributed by atoms with Crippen LogP contribution in [0.25, 0.3) is 0 Å². The van der Waals surface area contributed by atoms with E-state index >= 15 is 0 Å². The first-order valence-corrected chi connectivity index (χ1v) is 7.34. The number of nitrogens with one attached hydrogen (secondary N) is 2. The fourth-order valence-electron chi connectivity index (χ4n) is 3.03. The summed E-state index contributed by atoms with van der Waals surface area (Å²) in [6, 6.07) is 0. The van der Waals surface area contributed by atoms with Gasteiger partial charge in [0.15, 0.2) is 0 Å². The standard InChI is InChI=1S/C14H27N3O2/c1-11(2)14(4-5-15-10-14)13(18)16-8-12-9-17(3)6-7-19-12/h11-12,15H,4-10H2,1-3H3,(H,16,18). The number of amides is 1. The van der Waals surface area contributed by atoms with E-state index in [2.05, 4.69) is 36.4 Å². The van der Waals surface area contributed by atoms with Gasteiger partial charge in [0.2, 0.25) is 5.91 Å². The summed E-state index contributed by atoms with van der Waals surface area (Å²) in [5, 5.41) is 6.43. The molecule has 0 aromatic carbocycles. The molecule has 0 aromatic heterocycles. The molecule has 5 heteroatoms. The van der Waals surface area contributed by atoms with E-state index in [1.807, 2.05) is 0 Å². The minimum atomic E-state index is -0.236. The van der Waals surface area contributed by atoms with Crippen LogP contribution in [0.1, 0.15) is 20.3 Å². The second-order valence-corrected chi connectivity index (χ2v) is 6.20. The number of ether oxygens (including phenoxy) is 1. The minimum Gasteiger partial charge on any atom is -0.374 e. The van der Waals surface area contributed by atoms with Crippen LogP contribution in [-0.2, 0) is 9.53 Å². The molecule has 2 rings (SSSR count). The van der Waals surface area contributed by atoms with Crippen LogP contribution in [0.2, 0.25) is 0 Å². The largest absolute Gasteiger partial charge is 0.374 e. The van der Waals surface area contributed by atoms with Crippen LogP contribution in [0.15, 0.2) is 0 Å². The van der Waals surface area contributed by atoms with Crippen molar-refractivity contribution in [2.45, 2.75) is 26.4 Å². The normalized spacial score (nSPS) is 32.7. The van der Waals surface area contributed by atoms with Crippen molar-refractivity contribution in [1.82, 2.24) is 15.5 Å². The van der Waals surface area contributed by atoms with Crippen LogP contribution in [0.3, 0.4) is 0 Å². The molecule has 0 spiro atoms. The number of hydrogen-bond donors (Lipinski definition) is 2. The Labute approximate surface area is 116 Å². The summed E-state index contributed by atoms with van der Waals surface area (Å²) in [6.07, 6.45) is 1.06. The third-order valence-electron chi connectivity index (χ3n) is 4.58. The van der Waals surface area contributed by atoms with E-state index in [0.717, 1.165) is 39.2 Å². The molecule has 0 aromatic rings. The van der Waals surface area contributed by atoms with E-state index in [-0.39, 0.29) is 17.4 Å². The Kier molecular flexibility index (Phi) is 4.81. The van der Waals surface area contributed by atoms with Crippen LogP contribution in [0.5, 0.6) is 0 Å². The Balaban J connectivity index is 1.86. The topological polar surface area (TPSA) is 53.6 Å². The van der Waals surface area contributed by atoms with Gasteiger partial charge in [-0.3, -0.25) is 4.79 Å². The van der Waals surface area contributed by atoms with Gasteiger partial charge in [-0.25, -0.2) is 0 Å². The summed E-state index contributed by atoms with van der Waals surface area (Å²) in [5.41, 5.74) is -0.236. The van der Waals surface area contributed by atoms with Crippen molar-refractivity contribution in [2.75, 3.05) is 46.4 Å². The SMILES string of the molecule is CC(C)C1(C(=O)NCC2CN(C)CCO2)CCNC1. The lowest BCUT2D eigenvalue weighted by Gasteiger charge is -2.34. The number of likely N-dealkylation sites (N-methyl/N-ethyl adjacent to an activating group) is 1. The molecule has 5 nitrogen and oxygen atoms in total. The highest BCUT2D eigenvalue weighted by Gasteiger charge is 2.43. The van der Waals surface area contributed by atoms with Crippen molar-refractivity contribution >= 4 is 5.91 Å². The molecule has 2 aliphatic heterocycles. The maximum Gasteiger partial charge on any atom is 0.227 e. The van der Waals surface area contributed by atoms with Gasteiger partial charge in [-0.2, -0.15) is 0 Å². The number of morpholine rings is 1. The highest BCUT2D eigenvalue weighted by molar-refractivity contribution is 5.83. The summed E-state index contributed by atoms with van der Waals surface area (Å²) in [4.78, 5) is 14.8. The molecule has 2 saturated heterocycles. The minimum absolute atomic E-state index is 0.126. The zero-order chi connectivity index (χ0) is 13.9. The lowest BCUT2D eigenvalue weighted by atomic mass is 9.75. The molecule has 19 heavy (non-hydrogen) atoms. The van der Waals surface area contributed by atoms with E-state index in [9.17, 15) is 4.79 Å². The molecule has 2 atom stereocenters. The summed E-state index contributed by atoms with van der Waals surface area (Å²) >= 11 is 0. The van der Waals surface area contributed by atoms with E-state index in [0.29, 0.717) is 12.5 Å². The molecule has 2 fully saturated rings. The highest BCUT2D eigenvalue weighted by atomic mass is 16.5. The molecule has 0 bridgehead atoms. The summed E-state index contributed by atoms with van der Waals surface area (Å²) in [6.45, 7) is 9.26. The van der Waals surface area contributed by atoms with Gasteiger partial charge < -0.3 is 20.3 Å². The average Bonchev–Trinajstić information content (AvgIpc) is 2.86. The average molecular weight is 269 g/mol. The first-order chi connectivity index (χ1) is 9.04. The maximum absolute atomic E-state index is 12.5. The molecule has 110 valence electrons. The molecular weight excluding hydrogens is 242 g/mol. The summed E-state index contributed by atoms with van der Waals surface area (Å²) in [7, 11) is 2.09.